The SMILES string of the molecule is CC(CCC=C(c1cc(Cl)c(O)c(C(=O)O)c1)c1cc(Cl)c(O)c(C(=O)O)c1)C1CCC2C3CC[C@@H]4CCCC[C@]4(C)C3CC[C@]12C. The van der Waals surface area contributed by atoms with Crippen LogP contribution in [-0.4, -0.2) is 32.4 Å². The molecule has 8 heteroatoms. The van der Waals surface area contributed by atoms with Gasteiger partial charge in [-0.05, 0) is 152 Å². The number of allylic oxidation sites excluding steroid dienone is 1. The molecule has 47 heavy (non-hydrogen) atoms. The first-order valence-corrected chi connectivity index (χ1v) is 18.2. The van der Waals surface area contributed by atoms with Crippen molar-refractivity contribution >= 4 is 40.7 Å². The molecular formula is C39H48Cl2O6. The van der Waals surface area contributed by atoms with Crippen molar-refractivity contribution in [3.63, 3.8) is 0 Å². The lowest BCUT2D eigenvalue weighted by Gasteiger charge is -2.61. The lowest BCUT2D eigenvalue weighted by Crippen LogP contribution is -2.53. The number of halogens is 2. The van der Waals surface area contributed by atoms with E-state index in [1.807, 2.05) is 6.08 Å². The van der Waals surface area contributed by atoms with E-state index in [1.165, 1.54) is 88.5 Å². The largest absolute Gasteiger partial charge is 0.505 e. The lowest BCUT2D eigenvalue weighted by atomic mass is 9.44. The standard InChI is InChI=1S/C39H48Cl2O6/c1-21(29-12-13-30-26-11-10-24-8-4-5-15-38(24,2)31(26)14-16-39(29,30)3)7-6-9-25(22-17-27(36(44)45)34(42)32(40)19-22)23-18-28(37(46)47)35(43)33(41)20-23/h9,17-21,24,26,29-31,42-43H,4-8,10-16H2,1-3H3,(H,44,45)(H,46,47)/t21?,24-,26?,29?,30?,31?,38-,39+/m0/s1. The number of fused-ring (bicyclic) bond motifs is 5. The van der Waals surface area contributed by atoms with Crippen LogP contribution >= 0.6 is 23.2 Å². The zero-order chi connectivity index (χ0) is 33.8. The summed E-state index contributed by atoms with van der Waals surface area (Å²) in [5.74, 6) is 0.805. The average Bonchev–Trinajstić information content (AvgIpc) is 3.38. The maximum absolute atomic E-state index is 11.9. The number of aromatic carboxylic acids is 2. The highest BCUT2D eigenvalue weighted by molar-refractivity contribution is 6.33. The Hall–Kier alpha value is -2.70. The third-order valence-corrected chi connectivity index (χ3v) is 14.1. The third kappa shape index (κ3) is 5.96. The number of hydrogen-bond donors (Lipinski definition) is 4. The number of carboxylic acids is 2. The van der Waals surface area contributed by atoms with E-state index in [0.29, 0.717) is 45.8 Å². The Morgan fingerprint density at radius 3 is 2.00 bits per heavy atom. The van der Waals surface area contributed by atoms with E-state index >= 15 is 0 Å². The van der Waals surface area contributed by atoms with E-state index in [1.54, 1.807) is 0 Å². The van der Waals surface area contributed by atoms with Crippen LogP contribution in [0.25, 0.3) is 5.57 Å². The average molecular weight is 684 g/mol. The Balaban J connectivity index is 1.26. The maximum Gasteiger partial charge on any atom is 0.339 e. The zero-order valence-electron chi connectivity index (χ0n) is 27.7. The fraction of sp³-hybridized carbons (Fsp3) is 0.590. The summed E-state index contributed by atoms with van der Waals surface area (Å²) in [6, 6.07) is 5.62. The molecule has 4 fully saturated rings. The fourth-order valence-electron chi connectivity index (χ4n) is 11.2. The van der Waals surface area contributed by atoms with E-state index in [-0.39, 0.29) is 21.2 Å². The van der Waals surface area contributed by atoms with E-state index in [4.69, 9.17) is 23.2 Å². The quantitative estimate of drug-likeness (QED) is 0.220. The molecule has 0 spiro atoms. The number of hydrogen-bond acceptors (Lipinski definition) is 4. The molecule has 4 saturated carbocycles. The van der Waals surface area contributed by atoms with E-state index in [2.05, 4.69) is 20.8 Å². The third-order valence-electron chi connectivity index (χ3n) is 13.5. The number of rotatable bonds is 8. The van der Waals surface area contributed by atoms with Gasteiger partial charge in [0.2, 0.25) is 0 Å². The van der Waals surface area contributed by atoms with E-state index < -0.39 is 23.4 Å². The highest BCUT2D eigenvalue weighted by Crippen LogP contribution is 2.68. The minimum atomic E-state index is -1.33. The Bertz CT molecular complexity index is 1530. The number of aromatic hydroxyl groups is 2. The van der Waals surface area contributed by atoms with Gasteiger partial charge in [0.15, 0.2) is 0 Å². The highest BCUT2D eigenvalue weighted by Gasteiger charge is 2.60. The van der Waals surface area contributed by atoms with Crippen LogP contribution in [0.2, 0.25) is 10.0 Å². The van der Waals surface area contributed by atoms with Crippen LogP contribution in [0, 0.1) is 46.3 Å². The van der Waals surface area contributed by atoms with Gasteiger partial charge in [0.25, 0.3) is 0 Å². The molecule has 4 aliphatic carbocycles. The van der Waals surface area contributed by atoms with Crippen molar-refractivity contribution in [2.24, 2.45) is 46.3 Å². The van der Waals surface area contributed by atoms with Crippen molar-refractivity contribution < 1.29 is 30.0 Å². The first kappa shape index (κ1) is 34.2. The molecule has 0 radical (unpaired) electrons. The molecule has 2 aromatic carbocycles. The van der Waals surface area contributed by atoms with Crippen LogP contribution in [0.4, 0.5) is 0 Å². The maximum atomic E-state index is 11.9. The van der Waals surface area contributed by atoms with Crippen LogP contribution in [0.1, 0.15) is 130 Å². The smallest absolute Gasteiger partial charge is 0.339 e. The monoisotopic (exact) mass is 682 g/mol. The molecule has 0 heterocycles. The van der Waals surface area contributed by atoms with Crippen molar-refractivity contribution in [1.29, 1.82) is 0 Å². The topological polar surface area (TPSA) is 115 Å². The van der Waals surface area contributed by atoms with Crippen molar-refractivity contribution in [3.8, 4) is 11.5 Å². The van der Waals surface area contributed by atoms with Gasteiger partial charge in [-0.1, -0.05) is 62.9 Å². The first-order chi connectivity index (χ1) is 22.3. The normalized spacial score (nSPS) is 32.1. The molecule has 0 amide bonds. The molecule has 8 atom stereocenters. The lowest BCUT2D eigenvalue weighted by molar-refractivity contribution is -0.114. The minimum absolute atomic E-state index is 0.126. The Morgan fingerprint density at radius 2 is 1.40 bits per heavy atom. The molecule has 2 aromatic rings. The summed E-state index contributed by atoms with van der Waals surface area (Å²) < 4.78 is 0. The molecule has 0 aliphatic heterocycles. The second kappa shape index (κ2) is 13.0. The first-order valence-electron chi connectivity index (χ1n) is 17.5. The van der Waals surface area contributed by atoms with Crippen LogP contribution in [-0.2, 0) is 0 Å². The van der Waals surface area contributed by atoms with Crippen molar-refractivity contribution in [1.82, 2.24) is 0 Å². The van der Waals surface area contributed by atoms with Crippen LogP contribution < -0.4 is 0 Å². The van der Waals surface area contributed by atoms with Gasteiger partial charge < -0.3 is 20.4 Å². The molecule has 5 unspecified atom stereocenters. The summed E-state index contributed by atoms with van der Waals surface area (Å²) in [5.41, 5.74) is 1.52. The molecule has 4 aliphatic rings. The molecule has 254 valence electrons. The molecule has 4 N–H and O–H groups in total. The van der Waals surface area contributed by atoms with Gasteiger partial charge in [0.05, 0.1) is 10.0 Å². The fourth-order valence-corrected chi connectivity index (χ4v) is 11.6. The highest BCUT2D eigenvalue weighted by atomic mass is 35.5. The summed E-state index contributed by atoms with van der Waals surface area (Å²) in [7, 11) is 0. The number of benzene rings is 2. The number of carbonyl (C=O) groups is 2. The molecule has 6 nitrogen and oxygen atoms in total. The van der Waals surface area contributed by atoms with Crippen molar-refractivity contribution in [2.45, 2.75) is 97.8 Å². The van der Waals surface area contributed by atoms with Crippen LogP contribution in [0.3, 0.4) is 0 Å². The second-order valence-electron chi connectivity index (χ2n) is 15.6. The van der Waals surface area contributed by atoms with Crippen LogP contribution in [0.15, 0.2) is 30.3 Å². The Labute approximate surface area is 288 Å². The summed E-state index contributed by atoms with van der Waals surface area (Å²) in [6.45, 7) is 7.59. The molecule has 0 aromatic heterocycles. The van der Waals surface area contributed by atoms with E-state index in [9.17, 15) is 30.0 Å². The molecule has 6 rings (SSSR count). The van der Waals surface area contributed by atoms with Gasteiger partial charge in [-0.2, -0.15) is 0 Å². The van der Waals surface area contributed by atoms with Crippen molar-refractivity contribution in [2.75, 3.05) is 0 Å². The molecular weight excluding hydrogens is 635 g/mol. The molecule has 0 bridgehead atoms. The van der Waals surface area contributed by atoms with Gasteiger partial charge in [0, 0.05) is 0 Å². The summed E-state index contributed by atoms with van der Waals surface area (Å²) in [6.07, 6.45) is 17.3. The second-order valence-corrected chi connectivity index (χ2v) is 16.4. The van der Waals surface area contributed by atoms with Gasteiger partial charge in [-0.25, -0.2) is 9.59 Å². The number of phenols is 2. The minimum Gasteiger partial charge on any atom is -0.505 e. The predicted octanol–water partition coefficient (Wildman–Crippen LogP) is 10.7. The van der Waals surface area contributed by atoms with Gasteiger partial charge in [-0.3, -0.25) is 0 Å². The number of carboxylic acid groups (broad SMARTS) is 2. The molecule has 0 saturated heterocycles. The van der Waals surface area contributed by atoms with Crippen LogP contribution in [0.5, 0.6) is 11.5 Å². The predicted molar refractivity (Wildman–Crippen MR) is 185 cm³/mol. The van der Waals surface area contributed by atoms with E-state index in [0.717, 1.165) is 30.1 Å². The Morgan fingerprint density at radius 1 is 0.809 bits per heavy atom. The summed E-state index contributed by atoms with van der Waals surface area (Å²) >= 11 is 12.6. The van der Waals surface area contributed by atoms with Gasteiger partial charge in [-0.15, -0.1) is 0 Å². The van der Waals surface area contributed by atoms with Crippen molar-refractivity contribution in [3.05, 3.63) is 62.6 Å². The summed E-state index contributed by atoms with van der Waals surface area (Å²) in [4.78, 5) is 23.9. The van der Waals surface area contributed by atoms with Gasteiger partial charge >= 0.3 is 11.9 Å². The van der Waals surface area contributed by atoms with Gasteiger partial charge in [0.1, 0.15) is 22.6 Å². The Kier molecular flexibility index (Phi) is 9.43. The zero-order valence-corrected chi connectivity index (χ0v) is 29.2. The summed E-state index contributed by atoms with van der Waals surface area (Å²) in [5, 5.41) is 39.8.